The van der Waals surface area contributed by atoms with Crippen LogP contribution < -0.4 is 5.32 Å². The first-order valence-electron chi connectivity index (χ1n) is 16.7. The molecule has 6 N–H and O–H groups in total. The molecule has 43 heavy (non-hydrogen) atoms. The maximum Gasteiger partial charge on any atom is 0.220 e. The predicted octanol–water partition coefficient (Wildman–Crippen LogP) is 4.60. The normalized spacial score (nSPS) is 24.3. The number of hydrogen-bond acceptors (Lipinski definition) is 8. The second kappa shape index (κ2) is 25.7. The van der Waals surface area contributed by atoms with Gasteiger partial charge in [-0.25, -0.2) is 0 Å². The lowest BCUT2D eigenvalue weighted by Gasteiger charge is -2.40. The molecule has 0 aromatic heterocycles. The SMILES string of the molecule is CC/C=C\C/C=C\C/C=C\CCCCCC(=O)NC(COC1OC(CO)C(O)C(O)C1O)C(O)CCCCCCCCC. The second-order valence-corrected chi connectivity index (χ2v) is 11.6. The van der Waals surface area contributed by atoms with E-state index in [1.54, 1.807) is 0 Å². The summed E-state index contributed by atoms with van der Waals surface area (Å²) < 4.78 is 11.1. The van der Waals surface area contributed by atoms with Crippen LogP contribution in [0.3, 0.4) is 0 Å². The van der Waals surface area contributed by atoms with Crippen LogP contribution in [0.4, 0.5) is 0 Å². The lowest BCUT2D eigenvalue weighted by molar-refractivity contribution is -0.302. The van der Waals surface area contributed by atoms with Crippen LogP contribution in [0, 0.1) is 0 Å². The van der Waals surface area contributed by atoms with Crippen LogP contribution in [-0.2, 0) is 14.3 Å². The van der Waals surface area contributed by atoms with Crippen molar-refractivity contribution in [3.8, 4) is 0 Å². The van der Waals surface area contributed by atoms with Crippen molar-refractivity contribution in [3.63, 3.8) is 0 Å². The van der Waals surface area contributed by atoms with Gasteiger partial charge in [0.1, 0.15) is 24.4 Å². The van der Waals surface area contributed by atoms with Crippen molar-refractivity contribution < 1.29 is 39.8 Å². The van der Waals surface area contributed by atoms with Crippen molar-refractivity contribution in [2.45, 2.75) is 159 Å². The number of aliphatic hydroxyl groups excluding tert-OH is 5. The summed E-state index contributed by atoms with van der Waals surface area (Å²) in [5, 5.41) is 53.6. The van der Waals surface area contributed by atoms with E-state index in [0.717, 1.165) is 64.2 Å². The number of carbonyl (C=O) groups is 1. The molecule has 0 spiro atoms. The molecule has 0 aliphatic carbocycles. The van der Waals surface area contributed by atoms with Crippen LogP contribution in [0.5, 0.6) is 0 Å². The third-order valence-corrected chi connectivity index (χ3v) is 7.76. The topological polar surface area (TPSA) is 149 Å². The van der Waals surface area contributed by atoms with Gasteiger partial charge in [-0.15, -0.1) is 0 Å². The molecule has 7 unspecified atom stereocenters. The van der Waals surface area contributed by atoms with Gasteiger partial charge in [0.05, 0.1) is 25.4 Å². The summed E-state index contributed by atoms with van der Waals surface area (Å²) in [4.78, 5) is 12.8. The van der Waals surface area contributed by atoms with Gasteiger partial charge in [-0.05, 0) is 44.9 Å². The fourth-order valence-corrected chi connectivity index (χ4v) is 4.99. The summed E-state index contributed by atoms with van der Waals surface area (Å²) in [6.45, 7) is 3.60. The minimum absolute atomic E-state index is 0.153. The van der Waals surface area contributed by atoms with Crippen molar-refractivity contribution >= 4 is 5.91 Å². The van der Waals surface area contributed by atoms with Crippen molar-refractivity contribution in [2.24, 2.45) is 0 Å². The van der Waals surface area contributed by atoms with Gasteiger partial charge >= 0.3 is 0 Å². The summed E-state index contributed by atoms with van der Waals surface area (Å²) in [5.74, 6) is -0.182. The highest BCUT2D eigenvalue weighted by molar-refractivity contribution is 5.76. The van der Waals surface area contributed by atoms with Crippen molar-refractivity contribution in [1.82, 2.24) is 5.32 Å². The molecular weight excluding hydrogens is 550 g/mol. The molecule has 0 aromatic rings. The average molecular weight is 612 g/mol. The first kappa shape index (κ1) is 39.4. The van der Waals surface area contributed by atoms with Gasteiger partial charge in [-0.1, -0.05) is 102 Å². The predicted molar refractivity (Wildman–Crippen MR) is 170 cm³/mol. The Kier molecular flexibility index (Phi) is 23.6. The van der Waals surface area contributed by atoms with Crippen LogP contribution in [0.1, 0.15) is 117 Å². The number of carbonyl (C=O) groups excluding carboxylic acids is 1. The molecule has 9 nitrogen and oxygen atoms in total. The second-order valence-electron chi connectivity index (χ2n) is 11.6. The van der Waals surface area contributed by atoms with Crippen LogP contribution in [0.15, 0.2) is 36.5 Å². The molecule has 250 valence electrons. The Hall–Kier alpha value is -1.59. The summed E-state index contributed by atoms with van der Waals surface area (Å²) >= 11 is 0. The van der Waals surface area contributed by atoms with E-state index in [1.165, 1.54) is 25.7 Å². The summed E-state index contributed by atoms with van der Waals surface area (Å²) in [7, 11) is 0. The lowest BCUT2D eigenvalue weighted by Crippen LogP contribution is -2.60. The summed E-state index contributed by atoms with van der Waals surface area (Å²) in [6, 6.07) is -0.728. The Bertz CT molecular complexity index is 771. The molecule has 1 heterocycles. The fourth-order valence-electron chi connectivity index (χ4n) is 4.99. The molecule has 1 rings (SSSR count). The number of ether oxygens (including phenoxy) is 2. The monoisotopic (exact) mass is 611 g/mol. The Morgan fingerprint density at radius 1 is 0.814 bits per heavy atom. The fraction of sp³-hybridized carbons (Fsp3) is 0.794. The zero-order valence-corrected chi connectivity index (χ0v) is 26.7. The van der Waals surface area contributed by atoms with Gasteiger partial charge in [0.15, 0.2) is 6.29 Å². The molecule has 1 fully saturated rings. The molecule has 1 amide bonds. The molecular formula is C34H61NO8. The molecule has 0 bridgehead atoms. The maximum atomic E-state index is 12.8. The first-order chi connectivity index (χ1) is 20.8. The molecule has 7 atom stereocenters. The largest absolute Gasteiger partial charge is 0.394 e. The quantitative estimate of drug-likeness (QED) is 0.0648. The minimum Gasteiger partial charge on any atom is -0.394 e. The minimum atomic E-state index is -1.55. The number of aliphatic hydroxyl groups is 5. The third kappa shape index (κ3) is 18.1. The van der Waals surface area contributed by atoms with Crippen LogP contribution >= 0.6 is 0 Å². The highest BCUT2D eigenvalue weighted by Gasteiger charge is 2.44. The van der Waals surface area contributed by atoms with Crippen molar-refractivity contribution in [1.29, 1.82) is 0 Å². The van der Waals surface area contributed by atoms with E-state index in [2.05, 4.69) is 55.6 Å². The van der Waals surface area contributed by atoms with E-state index in [0.29, 0.717) is 12.8 Å². The standard InChI is InChI=1S/C34H61NO8/c1-3-5-7-9-11-12-13-14-15-16-18-20-22-24-30(38)35-27(28(37)23-21-19-17-10-8-6-4-2)26-42-34-33(41)32(40)31(39)29(25-36)43-34/h5,7,11-12,14-15,27-29,31-34,36-37,39-41H,3-4,6,8-10,13,16-26H2,1-2H3,(H,35,38)/b7-5-,12-11-,15-14-. The third-order valence-electron chi connectivity index (χ3n) is 7.76. The number of nitrogens with one attached hydrogen (secondary N) is 1. The Labute approximate surface area is 260 Å². The zero-order valence-electron chi connectivity index (χ0n) is 26.7. The molecule has 9 heteroatoms. The Morgan fingerprint density at radius 2 is 1.44 bits per heavy atom. The van der Waals surface area contributed by atoms with Gasteiger partial charge in [-0.3, -0.25) is 4.79 Å². The zero-order chi connectivity index (χ0) is 31.7. The van der Waals surface area contributed by atoms with E-state index in [4.69, 9.17) is 9.47 Å². The van der Waals surface area contributed by atoms with Gasteiger partial charge < -0.3 is 40.3 Å². The highest BCUT2D eigenvalue weighted by Crippen LogP contribution is 2.22. The summed E-state index contributed by atoms with van der Waals surface area (Å²) in [6.07, 6.45) is 20.3. The van der Waals surface area contributed by atoms with Crippen molar-refractivity contribution in [2.75, 3.05) is 13.2 Å². The number of unbranched alkanes of at least 4 members (excludes halogenated alkanes) is 9. The molecule has 0 radical (unpaired) electrons. The van der Waals surface area contributed by atoms with Crippen LogP contribution in [-0.4, -0.2) is 87.5 Å². The Balaban J connectivity index is 2.49. The van der Waals surface area contributed by atoms with Gasteiger partial charge in [0.25, 0.3) is 0 Å². The number of hydrogen-bond donors (Lipinski definition) is 6. The number of rotatable bonds is 25. The van der Waals surface area contributed by atoms with Crippen molar-refractivity contribution in [3.05, 3.63) is 36.5 Å². The van der Waals surface area contributed by atoms with Gasteiger partial charge in [0.2, 0.25) is 5.91 Å². The van der Waals surface area contributed by atoms with E-state index < -0.39 is 49.5 Å². The Morgan fingerprint density at radius 3 is 2.12 bits per heavy atom. The van der Waals surface area contributed by atoms with Crippen LogP contribution in [0.2, 0.25) is 0 Å². The summed E-state index contributed by atoms with van der Waals surface area (Å²) in [5.41, 5.74) is 0. The molecule has 1 saturated heterocycles. The molecule has 1 aliphatic rings. The number of amides is 1. The highest BCUT2D eigenvalue weighted by atomic mass is 16.7. The van der Waals surface area contributed by atoms with E-state index >= 15 is 0 Å². The molecule has 1 aliphatic heterocycles. The molecule has 0 saturated carbocycles. The van der Waals surface area contributed by atoms with E-state index in [9.17, 15) is 30.3 Å². The molecule has 0 aromatic carbocycles. The number of allylic oxidation sites excluding steroid dienone is 6. The van der Waals surface area contributed by atoms with Gasteiger partial charge in [-0.2, -0.15) is 0 Å². The average Bonchev–Trinajstić information content (AvgIpc) is 3.00. The van der Waals surface area contributed by atoms with E-state index in [1.807, 2.05) is 0 Å². The van der Waals surface area contributed by atoms with Crippen LogP contribution in [0.25, 0.3) is 0 Å². The lowest BCUT2D eigenvalue weighted by atomic mass is 9.99. The van der Waals surface area contributed by atoms with E-state index in [-0.39, 0.29) is 12.5 Å². The first-order valence-corrected chi connectivity index (χ1v) is 16.7. The van der Waals surface area contributed by atoms with Gasteiger partial charge in [0, 0.05) is 6.42 Å². The maximum absolute atomic E-state index is 12.8. The smallest absolute Gasteiger partial charge is 0.220 e.